The minimum atomic E-state index is -0.852. The summed E-state index contributed by atoms with van der Waals surface area (Å²) in [7, 11) is 0. The smallest absolute Gasteiger partial charge is 0.275 e. The average molecular weight is 268 g/mol. The molecule has 5 nitrogen and oxygen atoms in total. The van der Waals surface area contributed by atoms with Crippen LogP contribution in [0.5, 0.6) is 0 Å². The summed E-state index contributed by atoms with van der Waals surface area (Å²) in [6.07, 6.45) is 2.98. The van der Waals surface area contributed by atoms with Crippen LogP contribution in [-0.4, -0.2) is 22.2 Å². The van der Waals surface area contributed by atoms with Crippen LogP contribution in [0, 0.1) is 10.1 Å². The van der Waals surface area contributed by atoms with Gasteiger partial charge in [-0.3, -0.25) is 10.1 Å². The Hall–Kier alpha value is -1.69. The van der Waals surface area contributed by atoms with Crippen LogP contribution in [-0.2, 0) is 6.67 Å². The first-order valence-electron chi connectivity index (χ1n) is 6.38. The molecule has 2 N–H and O–H groups in total. The molecule has 19 heavy (non-hydrogen) atoms. The fourth-order valence-electron chi connectivity index (χ4n) is 2.42. The fraction of sp³-hybridized carbons (Fsp3) is 0.538. The molecule has 1 aliphatic carbocycles. The summed E-state index contributed by atoms with van der Waals surface area (Å²) >= 11 is 0. The van der Waals surface area contributed by atoms with Crippen molar-refractivity contribution < 1.29 is 14.4 Å². The van der Waals surface area contributed by atoms with Crippen LogP contribution < -0.4 is 5.32 Å². The zero-order valence-corrected chi connectivity index (χ0v) is 10.5. The van der Waals surface area contributed by atoms with Gasteiger partial charge in [0.05, 0.1) is 16.6 Å². The minimum Gasteiger partial charge on any atom is -0.393 e. The summed E-state index contributed by atoms with van der Waals surface area (Å²) in [5, 5.41) is 23.4. The molecule has 0 heterocycles. The van der Waals surface area contributed by atoms with E-state index >= 15 is 0 Å². The van der Waals surface area contributed by atoms with E-state index in [2.05, 4.69) is 5.32 Å². The third-order valence-corrected chi connectivity index (χ3v) is 3.49. The molecule has 0 radical (unpaired) electrons. The van der Waals surface area contributed by atoms with Gasteiger partial charge in [-0.2, -0.15) is 0 Å². The van der Waals surface area contributed by atoms with Gasteiger partial charge in [0, 0.05) is 17.8 Å². The van der Waals surface area contributed by atoms with Crippen molar-refractivity contribution >= 4 is 11.4 Å². The SMILES string of the molecule is O=[N+]([O-])c1ccc(NC2CCC(O)CC2)cc1CF. The average Bonchev–Trinajstić information content (AvgIpc) is 2.41. The van der Waals surface area contributed by atoms with Crippen LogP contribution in [0.15, 0.2) is 18.2 Å². The van der Waals surface area contributed by atoms with Gasteiger partial charge in [-0.15, -0.1) is 0 Å². The van der Waals surface area contributed by atoms with Gasteiger partial charge in [0.2, 0.25) is 0 Å². The molecule has 0 bridgehead atoms. The number of nitro groups is 1. The number of nitro benzene ring substituents is 1. The van der Waals surface area contributed by atoms with E-state index in [1.165, 1.54) is 12.1 Å². The van der Waals surface area contributed by atoms with Crippen molar-refractivity contribution in [2.75, 3.05) is 5.32 Å². The lowest BCUT2D eigenvalue weighted by atomic mass is 9.93. The number of nitrogens with zero attached hydrogens (tertiary/aromatic N) is 1. The number of aliphatic hydroxyl groups excluding tert-OH is 1. The largest absolute Gasteiger partial charge is 0.393 e. The van der Waals surface area contributed by atoms with Crippen molar-refractivity contribution in [2.45, 2.75) is 44.5 Å². The molecule has 0 aliphatic heterocycles. The Morgan fingerprint density at radius 2 is 2.05 bits per heavy atom. The van der Waals surface area contributed by atoms with E-state index in [4.69, 9.17) is 0 Å². The number of hydrogen-bond donors (Lipinski definition) is 2. The Balaban J connectivity index is 2.07. The monoisotopic (exact) mass is 268 g/mol. The van der Waals surface area contributed by atoms with Gasteiger partial charge in [0.15, 0.2) is 0 Å². The summed E-state index contributed by atoms with van der Waals surface area (Å²) < 4.78 is 12.8. The number of alkyl halides is 1. The number of benzene rings is 1. The van der Waals surface area contributed by atoms with E-state index in [9.17, 15) is 19.6 Å². The highest BCUT2D eigenvalue weighted by Gasteiger charge is 2.20. The van der Waals surface area contributed by atoms with Crippen LogP contribution in [0.4, 0.5) is 15.8 Å². The van der Waals surface area contributed by atoms with E-state index in [1.807, 2.05) is 0 Å². The normalized spacial score (nSPS) is 23.1. The second-order valence-electron chi connectivity index (χ2n) is 4.88. The Labute approximate surface area is 110 Å². The van der Waals surface area contributed by atoms with Crippen LogP contribution in [0.1, 0.15) is 31.2 Å². The van der Waals surface area contributed by atoms with Crippen LogP contribution in [0.25, 0.3) is 0 Å². The van der Waals surface area contributed by atoms with Crippen molar-refractivity contribution in [3.63, 3.8) is 0 Å². The molecule has 0 amide bonds. The molecule has 104 valence electrons. The molecule has 2 rings (SSSR count). The predicted octanol–water partition coefficient (Wildman–Crippen LogP) is 2.78. The highest BCUT2D eigenvalue weighted by atomic mass is 19.1. The van der Waals surface area contributed by atoms with Crippen LogP contribution in [0.3, 0.4) is 0 Å². The molecule has 6 heteroatoms. The van der Waals surface area contributed by atoms with Crippen LogP contribution >= 0.6 is 0 Å². The number of nitrogens with one attached hydrogen (secondary N) is 1. The van der Waals surface area contributed by atoms with Gasteiger partial charge >= 0.3 is 0 Å². The Morgan fingerprint density at radius 3 is 2.63 bits per heavy atom. The summed E-state index contributed by atoms with van der Waals surface area (Å²) in [5.41, 5.74) is 0.595. The molecular formula is C13H17FN2O3. The standard InChI is InChI=1S/C13H17FN2O3/c14-8-9-7-11(3-6-13(9)16(18)19)15-10-1-4-12(17)5-2-10/h3,6-7,10,12,15,17H,1-2,4-5,8H2. The fourth-order valence-corrected chi connectivity index (χ4v) is 2.42. The number of hydrogen-bond acceptors (Lipinski definition) is 4. The zero-order valence-electron chi connectivity index (χ0n) is 10.5. The lowest BCUT2D eigenvalue weighted by Gasteiger charge is -2.27. The van der Waals surface area contributed by atoms with Gasteiger partial charge in [-0.1, -0.05) is 0 Å². The Morgan fingerprint density at radius 1 is 1.37 bits per heavy atom. The number of rotatable bonds is 4. The second kappa shape index (κ2) is 5.97. The number of aliphatic hydroxyl groups is 1. The first kappa shape index (κ1) is 13.7. The molecule has 0 aromatic heterocycles. The second-order valence-corrected chi connectivity index (χ2v) is 4.88. The minimum absolute atomic E-state index is 0.0887. The highest BCUT2D eigenvalue weighted by Crippen LogP contribution is 2.26. The molecule has 1 aliphatic rings. The first-order valence-corrected chi connectivity index (χ1v) is 6.38. The maximum atomic E-state index is 12.8. The quantitative estimate of drug-likeness (QED) is 0.650. The van der Waals surface area contributed by atoms with Gasteiger partial charge in [0.25, 0.3) is 5.69 Å². The Bertz CT molecular complexity index is 459. The number of anilines is 1. The van der Waals surface area contributed by atoms with E-state index in [0.29, 0.717) is 5.69 Å². The maximum Gasteiger partial charge on any atom is 0.275 e. The lowest BCUT2D eigenvalue weighted by molar-refractivity contribution is -0.385. The van der Waals surface area contributed by atoms with E-state index in [-0.39, 0.29) is 23.4 Å². The molecule has 1 saturated carbocycles. The number of halogens is 1. The third-order valence-electron chi connectivity index (χ3n) is 3.49. The molecular weight excluding hydrogens is 251 g/mol. The van der Waals surface area contributed by atoms with Crippen LogP contribution in [0.2, 0.25) is 0 Å². The van der Waals surface area contributed by atoms with Crippen molar-refractivity contribution in [3.8, 4) is 0 Å². The molecule has 1 fully saturated rings. The van der Waals surface area contributed by atoms with Crippen molar-refractivity contribution in [3.05, 3.63) is 33.9 Å². The summed E-state index contributed by atoms with van der Waals surface area (Å²) in [5.74, 6) is 0. The van der Waals surface area contributed by atoms with E-state index in [1.54, 1.807) is 6.07 Å². The highest BCUT2D eigenvalue weighted by molar-refractivity contribution is 5.54. The van der Waals surface area contributed by atoms with Gasteiger partial charge in [0.1, 0.15) is 6.67 Å². The molecule has 1 aromatic rings. The van der Waals surface area contributed by atoms with E-state index < -0.39 is 11.6 Å². The van der Waals surface area contributed by atoms with Crippen molar-refractivity contribution in [1.29, 1.82) is 0 Å². The predicted molar refractivity (Wildman–Crippen MR) is 69.8 cm³/mol. The summed E-state index contributed by atoms with van der Waals surface area (Å²) in [6, 6.07) is 4.65. The topological polar surface area (TPSA) is 75.4 Å². The molecule has 0 spiro atoms. The molecule has 0 unspecified atom stereocenters. The first-order chi connectivity index (χ1) is 9.10. The van der Waals surface area contributed by atoms with Gasteiger partial charge in [-0.05, 0) is 37.8 Å². The Kier molecular flexibility index (Phi) is 4.31. The zero-order chi connectivity index (χ0) is 13.8. The lowest BCUT2D eigenvalue weighted by Crippen LogP contribution is -2.28. The van der Waals surface area contributed by atoms with Crippen molar-refractivity contribution in [2.24, 2.45) is 0 Å². The molecule has 0 saturated heterocycles. The molecule has 1 aromatic carbocycles. The van der Waals surface area contributed by atoms with E-state index in [0.717, 1.165) is 25.7 Å². The summed E-state index contributed by atoms with van der Waals surface area (Å²) in [6.45, 7) is -0.852. The van der Waals surface area contributed by atoms with Crippen molar-refractivity contribution in [1.82, 2.24) is 0 Å². The molecule has 0 atom stereocenters. The maximum absolute atomic E-state index is 12.8. The van der Waals surface area contributed by atoms with Gasteiger partial charge in [-0.25, -0.2) is 4.39 Å². The third kappa shape index (κ3) is 3.41. The summed E-state index contributed by atoms with van der Waals surface area (Å²) in [4.78, 5) is 10.1. The van der Waals surface area contributed by atoms with Gasteiger partial charge < -0.3 is 10.4 Å².